The molecule has 2 atom stereocenters. The van der Waals surface area contributed by atoms with E-state index in [2.05, 4.69) is 18.7 Å². The van der Waals surface area contributed by atoms with Crippen molar-refractivity contribution in [3.05, 3.63) is 0 Å². The highest BCUT2D eigenvalue weighted by atomic mass is 16.5. The second-order valence-electron chi connectivity index (χ2n) is 7.29. The van der Waals surface area contributed by atoms with Crippen LogP contribution in [0.4, 0.5) is 0 Å². The first-order chi connectivity index (χ1) is 10.2. The van der Waals surface area contributed by atoms with Crippen LogP contribution >= 0.6 is 0 Å². The molecule has 0 amide bonds. The number of nitrogens with zero attached hydrogens (tertiary/aromatic N) is 2. The van der Waals surface area contributed by atoms with Gasteiger partial charge in [0.2, 0.25) is 0 Å². The summed E-state index contributed by atoms with van der Waals surface area (Å²) in [6.45, 7) is 7.40. The van der Waals surface area contributed by atoms with Gasteiger partial charge in [0, 0.05) is 25.1 Å². The number of piperidine rings is 1. The Morgan fingerprint density at radius 2 is 1.95 bits per heavy atom. The fourth-order valence-electron chi connectivity index (χ4n) is 4.51. The minimum absolute atomic E-state index is 0.309. The van der Waals surface area contributed by atoms with E-state index in [1.54, 1.807) is 0 Å². The number of ether oxygens (including phenoxy) is 1. The predicted octanol–water partition coefficient (Wildman–Crippen LogP) is 2.77. The van der Waals surface area contributed by atoms with Crippen molar-refractivity contribution < 1.29 is 4.74 Å². The van der Waals surface area contributed by atoms with Gasteiger partial charge < -0.3 is 15.4 Å². The van der Waals surface area contributed by atoms with E-state index in [1.807, 2.05) is 0 Å². The van der Waals surface area contributed by atoms with Crippen molar-refractivity contribution in [3.63, 3.8) is 0 Å². The van der Waals surface area contributed by atoms with Gasteiger partial charge in [-0.1, -0.05) is 19.8 Å². The molecule has 120 valence electrons. The first-order valence-corrected chi connectivity index (χ1v) is 8.85. The Balaban J connectivity index is 1.65. The number of rotatable bonds is 3. The van der Waals surface area contributed by atoms with Gasteiger partial charge in [0.1, 0.15) is 0 Å². The van der Waals surface area contributed by atoms with Crippen molar-refractivity contribution >= 4 is 5.96 Å². The van der Waals surface area contributed by atoms with Crippen molar-refractivity contribution in [3.8, 4) is 0 Å². The molecule has 3 rings (SSSR count). The molecule has 4 nitrogen and oxygen atoms in total. The molecule has 4 heteroatoms. The van der Waals surface area contributed by atoms with Crippen LogP contribution in [0.15, 0.2) is 4.99 Å². The van der Waals surface area contributed by atoms with E-state index in [4.69, 9.17) is 15.5 Å². The van der Waals surface area contributed by atoms with E-state index >= 15 is 0 Å². The van der Waals surface area contributed by atoms with E-state index in [1.165, 1.54) is 38.5 Å². The van der Waals surface area contributed by atoms with Crippen molar-refractivity contribution in [2.45, 2.75) is 70.9 Å². The molecule has 3 fully saturated rings. The number of aliphatic imine (C=N–C) groups is 1. The fourth-order valence-corrected chi connectivity index (χ4v) is 4.51. The zero-order chi connectivity index (χ0) is 14.9. The van der Waals surface area contributed by atoms with Crippen LogP contribution in [0.5, 0.6) is 0 Å². The van der Waals surface area contributed by atoms with E-state index < -0.39 is 0 Å². The molecule has 3 aliphatic rings. The maximum atomic E-state index is 6.31. The molecular formula is C17H31N3O. The molecule has 1 aliphatic heterocycles. The van der Waals surface area contributed by atoms with Crippen LogP contribution in [0.3, 0.4) is 0 Å². The third-order valence-corrected chi connectivity index (χ3v) is 6.04. The van der Waals surface area contributed by atoms with Gasteiger partial charge >= 0.3 is 0 Å². The van der Waals surface area contributed by atoms with Gasteiger partial charge in [-0.25, -0.2) is 4.99 Å². The van der Waals surface area contributed by atoms with Gasteiger partial charge in [-0.05, 0) is 44.9 Å². The zero-order valence-electron chi connectivity index (χ0n) is 13.7. The molecule has 0 aromatic rings. The normalized spacial score (nSPS) is 33.4. The Hall–Kier alpha value is -0.770. The Morgan fingerprint density at radius 1 is 1.29 bits per heavy atom. The summed E-state index contributed by atoms with van der Waals surface area (Å²) in [6, 6.07) is 0.399. The first kappa shape index (κ1) is 15.1. The summed E-state index contributed by atoms with van der Waals surface area (Å²) in [6.07, 6.45) is 9.19. The molecule has 21 heavy (non-hydrogen) atoms. The summed E-state index contributed by atoms with van der Waals surface area (Å²) in [5.41, 5.74) is 6.62. The van der Waals surface area contributed by atoms with Gasteiger partial charge in [-0.3, -0.25) is 0 Å². The summed E-state index contributed by atoms with van der Waals surface area (Å²) in [5, 5.41) is 0. The summed E-state index contributed by atoms with van der Waals surface area (Å²) in [4.78, 5) is 7.23. The molecule has 2 unspecified atom stereocenters. The fraction of sp³-hybridized carbons (Fsp3) is 0.941. The molecule has 0 radical (unpaired) electrons. The molecule has 1 heterocycles. The van der Waals surface area contributed by atoms with Gasteiger partial charge in [0.15, 0.2) is 5.96 Å². The maximum absolute atomic E-state index is 6.31. The van der Waals surface area contributed by atoms with E-state index in [0.717, 1.165) is 38.0 Å². The Labute approximate surface area is 129 Å². The number of hydrogen-bond acceptors (Lipinski definition) is 2. The summed E-state index contributed by atoms with van der Waals surface area (Å²) in [7, 11) is 0. The molecule has 0 aromatic heterocycles. The van der Waals surface area contributed by atoms with Gasteiger partial charge in [-0.15, -0.1) is 0 Å². The van der Waals surface area contributed by atoms with Crippen LogP contribution < -0.4 is 5.73 Å². The summed E-state index contributed by atoms with van der Waals surface area (Å²) >= 11 is 0. The number of guanidine groups is 1. The summed E-state index contributed by atoms with van der Waals surface area (Å²) < 4.78 is 5.96. The first-order valence-electron chi connectivity index (χ1n) is 8.85. The minimum atomic E-state index is 0.309. The molecule has 1 spiro atoms. The van der Waals surface area contributed by atoms with E-state index in [9.17, 15) is 0 Å². The maximum Gasteiger partial charge on any atom is 0.191 e. The largest absolute Gasteiger partial charge is 0.378 e. The van der Waals surface area contributed by atoms with Crippen LogP contribution in [-0.4, -0.2) is 42.7 Å². The highest BCUT2D eigenvalue weighted by Gasteiger charge is 2.57. The van der Waals surface area contributed by atoms with Gasteiger partial charge in [-0.2, -0.15) is 0 Å². The molecule has 1 saturated heterocycles. The van der Waals surface area contributed by atoms with Crippen LogP contribution in [0.1, 0.15) is 58.8 Å². The lowest BCUT2D eigenvalue weighted by Gasteiger charge is -2.52. The average Bonchev–Trinajstić information content (AvgIpc) is 2.99. The summed E-state index contributed by atoms with van der Waals surface area (Å²) in [5.74, 6) is 1.62. The second kappa shape index (κ2) is 6.15. The minimum Gasteiger partial charge on any atom is -0.378 e. The van der Waals surface area contributed by atoms with Crippen LogP contribution in [-0.2, 0) is 4.74 Å². The number of hydrogen-bond donors (Lipinski definition) is 1. The molecule has 2 N–H and O–H groups in total. The van der Waals surface area contributed by atoms with E-state index in [0.29, 0.717) is 17.6 Å². The standard InChI is InChI=1S/C17H31N3O/c1-3-21-15-12-14(17(15)8-4-5-9-17)19-16(18)20-10-6-13(2)7-11-20/h13-15H,3-12H2,1-2H3,(H2,18,19). The lowest BCUT2D eigenvalue weighted by molar-refractivity contribution is -0.119. The van der Waals surface area contributed by atoms with Crippen molar-refractivity contribution in [1.82, 2.24) is 4.90 Å². The van der Waals surface area contributed by atoms with Crippen molar-refractivity contribution in [2.24, 2.45) is 22.1 Å². The Bertz CT molecular complexity index is 381. The van der Waals surface area contributed by atoms with Crippen LogP contribution in [0.25, 0.3) is 0 Å². The third-order valence-electron chi connectivity index (χ3n) is 6.04. The molecule has 2 saturated carbocycles. The quantitative estimate of drug-likeness (QED) is 0.643. The van der Waals surface area contributed by atoms with Crippen molar-refractivity contribution in [1.29, 1.82) is 0 Å². The number of nitrogens with two attached hydrogens (primary N) is 1. The smallest absolute Gasteiger partial charge is 0.191 e. The Kier molecular flexibility index (Phi) is 4.43. The second-order valence-corrected chi connectivity index (χ2v) is 7.29. The lowest BCUT2D eigenvalue weighted by Crippen LogP contribution is -2.57. The molecule has 2 aliphatic carbocycles. The zero-order valence-corrected chi connectivity index (χ0v) is 13.7. The van der Waals surface area contributed by atoms with Crippen molar-refractivity contribution in [2.75, 3.05) is 19.7 Å². The average molecular weight is 293 g/mol. The van der Waals surface area contributed by atoms with Crippen LogP contribution in [0, 0.1) is 11.3 Å². The monoisotopic (exact) mass is 293 g/mol. The molecule has 0 aromatic carbocycles. The van der Waals surface area contributed by atoms with Gasteiger partial charge in [0.05, 0.1) is 12.1 Å². The predicted molar refractivity (Wildman–Crippen MR) is 86.3 cm³/mol. The van der Waals surface area contributed by atoms with E-state index in [-0.39, 0.29) is 0 Å². The topological polar surface area (TPSA) is 50.9 Å². The van der Waals surface area contributed by atoms with Gasteiger partial charge in [0.25, 0.3) is 0 Å². The number of likely N-dealkylation sites (tertiary alicyclic amines) is 1. The Morgan fingerprint density at radius 3 is 2.57 bits per heavy atom. The molecular weight excluding hydrogens is 262 g/mol. The lowest BCUT2D eigenvalue weighted by atomic mass is 9.61. The van der Waals surface area contributed by atoms with Crippen LogP contribution in [0.2, 0.25) is 0 Å². The highest BCUT2D eigenvalue weighted by molar-refractivity contribution is 5.78. The molecule has 0 bridgehead atoms. The highest BCUT2D eigenvalue weighted by Crippen LogP contribution is 2.56. The SMILES string of the molecule is CCOC1CC(N=C(N)N2CCC(C)CC2)C12CCCC2. The third kappa shape index (κ3) is 2.79.